The van der Waals surface area contributed by atoms with Crippen LogP contribution in [0.3, 0.4) is 0 Å². The highest BCUT2D eigenvalue weighted by Crippen LogP contribution is 2.21. The number of hydrogen-bond donors (Lipinski definition) is 2. The summed E-state index contributed by atoms with van der Waals surface area (Å²) in [6, 6.07) is 4.86. The van der Waals surface area contributed by atoms with Crippen molar-refractivity contribution >= 4 is 5.82 Å². The van der Waals surface area contributed by atoms with E-state index in [9.17, 15) is 0 Å². The van der Waals surface area contributed by atoms with E-state index in [-0.39, 0.29) is 0 Å². The predicted molar refractivity (Wildman–Crippen MR) is 67.9 cm³/mol. The summed E-state index contributed by atoms with van der Waals surface area (Å²) in [6.45, 7) is 6.24. The van der Waals surface area contributed by atoms with Gasteiger partial charge in [0, 0.05) is 24.8 Å². The van der Waals surface area contributed by atoms with Gasteiger partial charge in [-0.25, -0.2) is 4.98 Å². The lowest BCUT2D eigenvalue weighted by Gasteiger charge is -2.10. The number of hydrogen-bond acceptors (Lipinski definition) is 3. The minimum absolute atomic E-state index is 0.551. The molecule has 2 N–H and O–H groups in total. The Morgan fingerprint density at radius 1 is 1.25 bits per heavy atom. The summed E-state index contributed by atoms with van der Waals surface area (Å²) < 4.78 is 0. The highest BCUT2D eigenvalue weighted by atomic mass is 15.0. The first-order chi connectivity index (χ1) is 7.75. The number of fused-ring (bicyclic) bond motifs is 1. The lowest BCUT2D eigenvalue weighted by molar-refractivity contribution is 0.602. The molecule has 1 aromatic rings. The second kappa shape index (κ2) is 5.30. The van der Waals surface area contributed by atoms with Gasteiger partial charge in [-0.1, -0.05) is 19.9 Å². The van der Waals surface area contributed by atoms with E-state index in [1.165, 1.54) is 24.1 Å². The molecule has 0 unspecified atom stereocenters. The zero-order valence-electron chi connectivity index (χ0n) is 10.2. The Kier molecular flexibility index (Phi) is 3.78. The molecule has 0 saturated carbocycles. The third kappa shape index (κ3) is 2.95. The van der Waals surface area contributed by atoms with E-state index in [2.05, 4.69) is 41.6 Å². The van der Waals surface area contributed by atoms with Crippen LogP contribution in [-0.4, -0.2) is 24.1 Å². The fourth-order valence-electron chi connectivity index (χ4n) is 2.07. The summed E-state index contributed by atoms with van der Waals surface area (Å²) in [5.41, 5.74) is 2.73. The minimum atomic E-state index is 0.551. The average molecular weight is 219 g/mol. The molecule has 0 aromatic carbocycles. The first-order valence-electron chi connectivity index (χ1n) is 6.22. The van der Waals surface area contributed by atoms with E-state index in [1.54, 1.807) is 0 Å². The summed E-state index contributed by atoms with van der Waals surface area (Å²) in [4.78, 5) is 4.63. The molecule has 0 radical (unpaired) electrons. The second-order valence-electron chi connectivity index (χ2n) is 4.69. The third-order valence-electron chi connectivity index (χ3n) is 2.91. The monoisotopic (exact) mass is 219 g/mol. The van der Waals surface area contributed by atoms with Crippen molar-refractivity contribution in [2.45, 2.75) is 39.2 Å². The average Bonchev–Trinajstić information content (AvgIpc) is 2.71. The normalized spacial score (nSPS) is 14.2. The molecule has 1 aliphatic rings. The summed E-state index contributed by atoms with van der Waals surface area (Å²) in [5, 5.41) is 6.73. The number of anilines is 1. The lowest BCUT2D eigenvalue weighted by atomic mass is 10.2. The van der Waals surface area contributed by atoms with Crippen LogP contribution in [-0.2, 0) is 12.8 Å². The van der Waals surface area contributed by atoms with Crippen molar-refractivity contribution in [3.63, 3.8) is 0 Å². The van der Waals surface area contributed by atoms with Crippen LogP contribution in [0.15, 0.2) is 12.1 Å². The highest BCUT2D eigenvalue weighted by Gasteiger charge is 2.11. The number of nitrogens with one attached hydrogen (secondary N) is 2. The SMILES string of the molecule is CC(C)NCCNc1ccc2c(n1)CCC2. The predicted octanol–water partition coefficient (Wildman–Crippen LogP) is 1.98. The van der Waals surface area contributed by atoms with E-state index in [1.807, 2.05) is 0 Å². The molecule has 88 valence electrons. The lowest BCUT2D eigenvalue weighted by Crippen LogP contribution is -2.28. The van der Waals surface area contributed by atoms with Gasteiger partial charge in [0.15, 0.2) is 0 Å². The van der Waals surface area contributed by atoms with E-state index < -0.39 is 0 Å². The summed E-state index contributed by atoms with van der Waals surface area (Å²) in [6.07, 6.45) is 3.62. The number of rotatable bonds is 5. The molecule has 0 atom stereocenters. The van der Waals surface area contributed by atoms with Gasteiger partial charge in [0.2, 0.25) is 0 Å². The molecule has 0 bridgehead atoms. The molecule has 16 heavy (non-hydrogen) atoms. The molecule has 0 spiro atoms. The quantitative estimate of drug-likeness (QED) is 0.744. The van der Waals surface area contributed by atoms with Crippen LogP contribution in [0.4, 0.5) is 5.82 Å². The standard InChI is InChI=1S/C13H21N3/c1-10(2)14-8-9-15-13-7-6-11-4-3-5-12(11)16-13/h6-7,10,14H,3-5,8-9H2,1-2H3,(H,15,16). The Morgan fingerprint density at radius 2 is 2.12 bits per heavy atom. The van der Waals surface area contributed by atoms with Crippen molar-refractivity contribution in [1.82, 2.24) is 10.3 Å². The molecule has 0 fully saturated rings. The van der Waals surface area contributed by atoms with Crippen LogP contribution in [0.1, 0.15) is 31.5 Å². The van der Waals surface area contributed by atoms with Crippen LogP contribution in [0.2, 0.25) is 0 Å². The highest BCUT2D eigenvalue weighted by molar-refractivity contribution is 5.40. The van der Waals surface area contributed by atoms with Crippen LogP contribution in [0.5, 0.6) is 0 Å². The van der Waals surface area contributed by atoms with Gasteiger partial charge in [-0.05, 0) is 30.9 Å². The molecule has 2 rings (SSSR count). The van der Waals surface area contributed by atoms with Crippen LogP contribution in [0, 0.1) is 0 Å². The smallest absolute Gasteiger partial charge is 0.126 e. The van der Waals surface area contributed by atoms with Gasteiger partial charge >= 0.3 is 0 Å². The van der Waals surface area contributed by atoms with E-state index in [0.717, 1.165) is 25.3 Å². The number of aromatic nitrogens is 1. The van der Waals surface area contributed by atoms with Crippen LogP contribution >= 0.6 is 0 Å². The molecular weight excluding hydrogens is 198 g/mol. The molecule has 1 aromatic heterocycles. The van der Waals surface area contributed by atoms with E-state index >= 15 is 0 Å². The molecule has 3 heteroatoms. The number of pyridine rings is 1. The Hall–Kier alpha value is -1.09. The fourth-order valence-corrected chi connectivity index (χ4v) is 2.07. The molecule has 0 aliphatic heterocycles. The Bertz CT molecular complexity index is 347. The maximum absolute atomic E-state index is 4.63. The number of aryl methyl sites for hydroxylation is 2. The fraction of sp³-hybridized carbons (Fsp3) is 0.615. The van der Waals surface area contributed by atoms with Crippen molar-refractivity contribution in [3.05, 3.63) is 23.4 Å². The molecule has 1 heterocycles. The van der Waals surface area contributed by atoms with Crippen LogP contribution in [0.25, 0.3) is 0 Å². The first-order valence-corrected chi connectivity index (χ1v) is 6.22. The van der Waals surface area contributed by atoms with Crippen LogP contribution < -0.4 is 10.6 Å². The molecule has 1 aliphatic carbocycles. The van der Waals surface area contributed by atoms with E-state index in [4.69, 9.17) is 0 Å². The summed E-state index contributed by atoms with van der Waals surface area (Å²) >= 11 is 0. The molecular formula is C13H21N3. The minimum Gasteiger partial charge on any atom is -0.369 e. The zero-order valence-corrected chi connectivity index (χ0v) is 10.2. The van der Waals surface area contributed by atoms with Gasteiger partial charge in [-0.2, -0.15) is 0 Å². The Morgan fingerprint density at radius 3 is 2.94 bits per heavy atom. The molecule has 3 nitrogen and oxygen atoms in total. The van der Waals surface area contributed by atoms with Gasteiger partial charge in [0.1, 0.15) is 5.82 Å². The zero-order chi connectivity index (χ0) is 11.4. The van der Waals surface area contributed by atoms with Crippen molar-refractivity contribution in [2.75, 3.05) is 18.4 Å². The molecule has 0 saturated heterocycles. The van der Waals surface area contributed by atoms with E-state index in [0.29, 0.717) is 6.04 Å². The maximum atomic E-state index is 4.63. The topological polar surface area (TPSA) is 37.0 Å². The van der Waals surface area contributed by atoms with Gasteiger partial charge < -0.3 is 10.6 Å². The van der Waals surface area contributed by atoms with Crippen molar-refractivity contribution in [3.8, 4) is 0 Å². The van der Waals surface area contributed by atoms with Gasteiger partial charge in [-0.15, -0.1) is 0 Å². The third-order valence-corrected chi connectivity index (χ3v) is 2.91. The largest absolute Gasteiger partial charge is 0.369 e. The Balaban J connectivity index is 1.81. The van der Waals surface area contributed by atoms with Crippen molar-refractivity contribution in [1.29, 1.82) is 0 Å². The summed E-state index contributed by atoms with van der Waals surface area (Å²) in [5.74, 6) is 1.02. The maximum Gasteiger partial charge on any atom is 0.126 e. The van der Waals surface area contributed by atoms with Crippen molar-refractivity contribution in [2.24, 2.45) is 0 Å². The van der Waals surface area contributed by atoms with Gasteiger partial charge in [0.25, 0.3) is 0 Å². The summed E-state index contributed by atoms with van der Waals surface area (Å²) in [7, 11) is 0. The molecule has 0 amide bonds. The van der Waals surface area contributed by atoms with Gasteiger partial charge in [0.05, 0.1) is 0 Å². The van der Waals surface area contributed by atoms with Gasteiger partial charge in [-0.3, -0.25) is 0 Å². The van der Waals surface area contributed by atoms with Crippen molar-refractivity contribution < 1.29 is 0 Å². The second-order valence-corrected chi connectivity index (χ2v) is 4.69. The Labute approximate surface area is 97.7 Å². The number of nitrogens with zero attached hydrogens (tertiary/aromatic N) is 1. The first kappa shape index (κ1) is 11.4.